The number of carbonyl (C=O) groups is 2. The number of carbonyl (C=O) groups excluding carboxylic acids is 2. The molecule has 0 saturated heterocycles. The number of para-hydroxylation sites is 1. The van der Waals surface area contributed by atoms with E-state index in [1.165, 1.54) is 25.1 Å². The molecule has 3 aromatic rings. The molecule has 0 spiro atoms. The minimum Gasteiger partial charge on any atom is -0.449 e. The van der Waals surface area contributed by atoms with Crippen LogP contribution in [-0.4, -0.2) is 28.1 Å². The van der Waals surface area contributed by atoms with Crippen LogP contribution in [-0.2, 0) is 9.53 Å². The molecule has 2 aromatic heterocycles. The summed E-state index contributed by atoms with van der Waals surface area (Å²) in [5.74, 6) is -1.59. The van der Waals surface area contributed by atoms with Gasteiger partial charge < -0.3 is 14.6 Å². The van der Waals surface area contributed by atoms with Gasteiger partial charge in [0.25, 0.3) is 11.6 Å². The molecule has 1 aromatic carbocycles. The van der Waals surface area contributed by atoms with Gasteiger partial charge >= 0.3 is 5.97 Å². The highest BCUT2D eigenvalue weighted by Gasteiger charge is 2.30. The van der Waals surface area contributed by atoms with Crippen molar-refractivity contribution in [3.63, 3.8) is 0 Å². The van der Waals surface area contributed by atoms with E-state index in [-0.39, 0.29) is 17.0 Å². The van der Waals surface area contributed by atoms with Crippen molar-refractivity contribution in [2.75, 3.05) is 5.32 Å². The third-order valence-corrected chi connectivity index (χ3v) is 4.64. The first-order chi connectivity index (χ1) is 13.4. The first-order valence-corrected chi connectivity index (χ1v) is 8.97. The monoisotopic (exact) mass is 383 g/mol. The van der Waals surface area contributed by atoms with Gasteiger partial charge in [0.2, 0.25) is 0 Å². The molecule has 0 radical (unpaired) electrons. The van der Waals surface area contributed by atoms with Crippen LogP contribution in [0.5, 0.6) is 0 Å². The number of aryl methyl sites for hydroxylation is 1. The van der Waals surface area contributed by atoms with E-state index in [0.29, 0.717) is 17.0 Å². The van der Waals surface area contributed by atoms with Crippen LogP contribution in [0.1, 0.15) is 47.4 Å². The molecule has 1 saturated carbocycles. The van der Waals surface area contributed by atoms with Crippen molar-refractivity contribution >= 4 is 28.7 Å². The largest absolute Gasteiger partial charge is 0.449 e. The minimum absolute atomic E-state index is 0.0209. The molecule has 1 amide bonds. The van der Waals surface area contributed by atoms with Gasteiger partial charge in [0, 0.05) is 11.6 Å². The van der Waals surface area contributed by atoms with E-state index in [0.717, 1.165) is 18.5 Å². The van der Waals surface area contributed by atoms with Crippen molar-refractivity contribution in [3.8, 4) is 0 Å². The molecule has 1 aliphatic rings. The fourth-order valence-electron chi connectivity index (χ4n) is 2.94. The molecule has 1 atom stereocenters. The molecule has 144 valence electrons. The smallest absolute Gasteiger partial charge is 0.339 e. The van der Waals surface area contributed by atoms with Crippen molar-refractivity contribution in [2.24, 2.45) is 0 Å². The van der Waals surface area contributed by atoms with Gasteiger partial charge in [0.1, 0.15) is 5.82 Å². The van der Waals surface area contributed by atoms with Crippen molar-refractivity contribution < 1.29 is 23.2 Å². The summed E-state index contributed by atoms with van der Waals surface area (Å²) < 4.78 is 24.2. The molecular weight excluding hydrogens is 365 g/mol. The molecule has 1 N–H and O–H groups in total. The molecule has 2 heterocycles. The SMILES string of the molecule is Cc1noc2nc(C3CC3)cc(C(=O)OC(C)C(=O)Nc3ccccc3F)c12. The van der Waals surface area contributed by atoms with Crippen molar-refractivity contribution in [1.29, 1.82) is 0 Å². The highest BCUT2D eigenvalue weighted by atomic mass is 19.1. The Morgan fingerprint density at radius 2 is 2.07 bits per heavy atom. The van der Waals surface area contributed by atoms with Crippen molar-refractivity contribution in [1.82, 2.24) is 10.1 Å². The number of benzene rings is 1. The average Bonchev–Trinajstić information content (AvgIpc) is 3.46. The van der Waals surface area contributed by atoms with E-state index < -0.39 is 23.8 Å². The summed E-state index contributed by atoms with van der Waals surface area (Å²) in [6, 6.07) is 7.44. The number of esters is 1. The number of fused-ring (bicyclic) bond motifs is 1. The number of pyridine rings is 1. The van der Waals surface area contributed by atoms with Crippen LogP contribution < -0.4 is 5.32 Å². The Kier molecular flexibility index (Phi) is 4.54. The molecule has 1 aliphatic carbocycles. The van der Waals surface area contributed by atoms with Gasteiger partial charge in [0.05, 0.1) is 22.3 Å². The second-order valence-electron chi connectivity index (χ2n) is 6.83. The maximum absolute atomic E-state index is 13.7. The summed E-state index contributed by atoms with van der Waals surface area (Å²) >= 11 is 0. The number of rotatable bonds is 5. The molecule has 1 fully saturated rings. The Morgan fingerprint density at radius 1 is 1.32 bits per heavy atom. The number of amides is 1. The van der Waals surface area contributed by atoms with E-state index in [4.69, 9.17) is 9.26 Å². The summed E-state index contributed by atoms with van der Waals surface area (Å²) in [6.07, 6.45) is 0.878. The standard InChI is InChI=1S/C20H18FN3O4/c1-10-17-13(9-16(12-7-8-12)23-19(17)28-24-10)20(26)27-11(2)18(25)22-15-6-4-3-5-14(15)21/h3-6,9,11-12H,7-8H2,1-2H3,(H,22,25). The van der Waals surface area contributed by atoms with Gasteiger partial charge in [-0.2, -0.15) is 0 Å². The quantitative estimate of drug-likeness (QED) is 0.675. The fraction of sp³-hybridized carbons (Fsp3) is 0.300. The Labute approximate surface area is 159 Å². The van der Waals surface area contributed by atoms with Gasteiger partial charge in [-0.15, -0.1) is 0 Å². The van der Waals surface area contributed by atoms with Crippen molar-refractivity contribution in [2.45, 2.75) is 38.7 Å². The third kappa shape index (κ3) is 3.45. The van der Waals surface area contributed by atoms with E-state index in [1.807, 2.05) is 0 Å². The number of ether oxygens (including phenoxy) is 1. The Hall–Kier alpha value is -3.29. The Balaban J connectivity index is 1.55. The molecule has 0 bridgehead atoms. The zero-order chi connectivity index (χ0) is 19.8. The fourth-order valence-corrected chi connectivity index (χ4v) is 2.94. The first kappa shape index (κ1) is 18.1. The van der Waals surface area contributed by atoms with Gasteiger partial charge in [-0.25, -0.2) is 14.2 Å². The van der Waals surface area contributed by atoms with E-state index in [9.17, 15) is 14.0 Å². The van der Waals surface area contributed by atoms with E-state index >= 15 is 0 Å². The van der Waals surface area contributed by atoms with Gasteiger partial charge in [0.15, 0.2) is 6.10 Å². The molecular formula is C20H18FN3O4. The number of hydrogen-bond acceptors (Lipinski definition) is 6. The Bertz CT molecular complexity index is 1070. The lowest BCUT2D eigenvalue weighted by Crippen LogP contribution is -2.30. The maximum atomic E-state index is 13.7. The molecule has 7 nitrogen and oxygen atoms in total. The molecule has 0 aliphatic heterocycles. The number of anilines is 1. The van der Waals surface area contributed by atoms with E-state index in [1.54, 1.807) is 19.1 Å². The Morgan fingerprint density at radius 3 is 2.79 bits per heavy atom. The van der Waals surface area contributed by atoms with Crippen LogP contribution >= 0.6 is 0 Å². The minimum atomic E-state index is -1.13. The van der Waals surface area contributed by atoms with Crippen LogP contribution in [0, 0.1) is 12.7 Å². The zero-order valence-electron chi connectivity index (χ0n) is 15.4. The number of nitrogens with one attached hydrogen (secondary N) is 1. The normalized spacial score (nSPS) is 14.7. The highest BCUT2D eigenvalue weighted by Crippen LogP contribution is 2.40. The topological polar surface area (TPSA) is 94.3 Å². The maximum Gasteiger partial charge on any atom is 0.339 e. The lowest BCUT2D eigenvalue weighted by Gasteiger charge is -2.14. The molecule has 28 heavy (non-hydrogen) atoms. The second-order valence-corrected chi connectivity index (χ2v) is 6.83. The van der Waals surface area contributed by atoms with E-state index in [2.05, 4.69) is 15.5 Å². The van der Waals surface area contributed by atoms with Gasteiger partial charge in [-0.1, -0.05) is 17.3 Å². The first-order valence-electron chi connectivity index (χ1n) is 8.97. The van der Waals surface area contributed by atoms with Crippen LogP contribution in [0.2, 0.25) is 0 Å². The van der Waals surface area contributed by atoms with Crippen molar-refractivity contribution in [3.05, 3.63) is 53.1 Å². The van der Waals surface area contributed by atoms with Crippen LogP contribution in [0.4, 0.5) is 10.1 Å². The van der Waals surface area contributed by atoms with Crippen LogP contribution in [0.25, 0.3) is 11.1 Å². The molecule has 4 rings (SSSR count). The molecule has 8 heteroatoms. The third-order valence-electron chi connectivity index (χ3n) is 4.64. The summed E-state index contributed by atoms with van der Waals surface area (Å²) in [4.78, 5) is 29.5. The second kappa shape index (κ2) is 7.03. The number of aromatic nitrogens is 2. The summed E-state index contributed by atoms with van der Waals surface area (Å²) in [5.41, 5.74) is 1.82. The van der Waals surface area contributed by atoms with Gasteiger partial charge in [-0.3, -0.25) is 4.79 Å². The zero-order valence-corrected chi connectivity index (χ0v) is 15.4. The summed E-state index contributed by atoms with van der Waals surface area (Å²) in [5, 5.41) is 6.76. The highest BCUT2D eigenvalue weighted by molar-refractivity contribution is 6.04. The lowest BCUT2D eigenvalue weighted by molar-refractivity contribution is -0.123. The number of halogens is 1. The predicted octanol–water partition coefficient (Wildman–Crippen LogP) is 3.73. The summed E-state index contributed by atoms with van der Waals surface area (Å²) in [6.45, 7) is 3.13. The van der Waals surface area contributed by atoms with Crippen LogP contribution in [0.3, 0.4) is 0 Å². The average molecular weight is 383 g/mol. The summed E-state index contributed by atoms with van der Waals surface area (Å²) in [7, 11) is 0. The number of hydrogen-bond donors (Lipinski definition) is 1. The van der Waals surface area contributed by atoms with Gasteiger partial charge in [-0.05, 0) is 44.9 Å². The lowest BCUT2D eigenvalue weighted by atomic mass is 10.1. The number of nitrogens with zero attached hydrogens (tertiary/aromatic N) is 2. The molecule has 1 unspecified atom stereocenters. The van der Waals surface area contributed by atoms with Crippen LogP contribution in [0.15, 0.2) is 34.9 Å². The predicted molar refractivity (Wildman–Crippen MR) is 98.4 cm³/mol.